The summed E-state index contributed by atoms with van der Waals surface area (Å²) in [6, 6.07) is 5.08. The Labute approximate surface area is 290 Å². The zero-order valence-corrected chi connectivity index (χ0v) is 30.1. The summed E-state index contributed by atoms with van der Waals surface area (Å²) in [4.78, 5) is 58.5. The van der Waals surface area contributed by atoms with Gasteiger partial charge in [-0.15, -0.1) is 0 Å². The molecule has 1 aliphatic heterocycles. The Bertz CT molecular complexity index is 1400. The van der Waals surface area contributed by atoms with Crippen LogP contribution in [0.4, 0.5) is 27.9 Å². The number of hydrogen-bond acceptors (Lipinski definition) is 12. The van der Waals surface area contributed by atoms with Gasteiger partial charge in [0.15, 0.2) is 5.82 Å². The molecule has 2 aromatic rings. The summed E-state index contributed by atoms with van der Waals surface area (Å²) in [7, 11) is 5.43. The number of methoxy groups -OCH3 is 1. The molecule has 1 saturated heterocycles. The number of benzene rings is 1. The van der Waals surface area contributed by atoms with Crippen LogP contribution in [0.5, 0.6) is 5.75 Å². The van der Waals surface area contributed by atoms with Crippen LogP contribution in [0, 0.1) is 0 Å². The quantitative estimate of drug-likeness (QED) is 0.136. The first-order valence-electron chi connectivity index (χ1n) is 17.3. The van der Waals surface area contributed by atoms with Crippen molar-refractivity contribution in [2.75, 3.05) is 62.5 Å². The van der Waals surface area contributed by atoms with Crippen molar-refractivity contribution in [3.05, 3.63) is 30.0 Å². The molecule has 2 heterocycles. The number of amides is 2. The lowest BCUT2D eigenvalue weighted by Gasteiger charge is -2.36. The SMILES string of the molecule is CCC(C=O)N(c1nc(Nc2ccc(C(=O)NCCNOC3CCN(C(=O)OC(C)(C)C)CC3)cc2OC)ncc1N(C)C)C1CCCC1. The van der Waals surface area contributed by atoms with Gasteiger partial charge in [-0.05, 0) is 71.1 Å². The fourth-order valence-corrected chi connectivity index (χ4v) is 6.12. The molecular weight excluding hydrogens is 628 g/mol. The van der Waals surface area contributed by atoms with E-state index < -0.39 is 5.60 Å². The average molecular weight is 683 g/mol. The second kappa shape index (κ2) is 17.5. The number of piperidine rings is 1. The Morgan fingerprint density at radius 1 is 1.10 bits per heavy atom. The molecule has 14 heteroatoms. The molecule has 3 N–H and O–H groups in total. The van der Waals surface area contributed by atoms with Crippen LogP contribution in [-0.4, -0.2) is 104 Å². The normalized spacial score (nSPS) is 16.2. The van der Waals surface area contributed by atoms with Gasteiger partial charge < -0.3 is 39.6 Å². The Morgan fingerprint density at radius 3 is 2.43 bits per heavy atom. The minimum atomic E-state index is -0.521. The highest BCUT2D eigenvalue weighted by Gasteiger charge is 2.32. The van der Waals surface area contributed by atoms with Crippen LogP contribution >= 0.6 is 0 Å². The number of carbonyl (C=O) groups excluding carboxylic acids is 3. The fraction of sp³-hybridized carbons (Fsp3) is 0.629. The van der Waals surface area contributed by atoms with Crippen LogP contribution in [0.15, 0.2) is 24.4 Å². The van der Waals surface area contributed by atoms with E-state index in [0.717, 1.165) is 37.7 Å². The number of anilines is 4. The van der Waals surface area contributed by atoms with E-state index >= 15 is 0 Å². The molecule has 1 aromatic carbocycles. The molecule has 1 atom stereocenters. The molecule has 1 saturated carbocycles. The van der Waals surface area contributed by atoms with Crippen LogP contribution < -0.4 is 30.7 Å². The molecule has 2 amide bonds. The molecule has 1 unspecified atom stereocenters. The molecule has 49 heavy (non-hydrogen) atoms. The van der Waals surface area contributed by atoms with Crippen molar-refractivity contribution in [1.29, 1.82) is 0 Å². The highest BCUT2D eigenvalue weighted by atomic mass is 16.7. The summed E-state index contributed by atoms with van der Waals surface area (Å²) in [6.07, 6.45) is 8.81. The fourth-order valence-electron chi connectivity index (χ4n) is 6.12. The first kappa shape index (κ1) is 37.6. The van der Waals surface area contributed by atoms with Gasteiger partial charge in [0.05, 0.1) is 36.8 Å². The van der Waals surface area contributed by atoms with E-state index in [-0.39, 0.29) is 30.2 Å². The summed E-state index contributed by atoms with van der Waals surface area (Å²) in [6.45, 7) is 9.48. The Hall–Kier alpha value is -4.17. The number of aromatic nitrogens is 2. The smallest absolute Gasteiger partial charge is 0.410 e. The lowest BCUT2D eigenvalue weighted by Crippen LogP contribution is -2.44. The summed E-state index contributed by atoms with van der Waals surface area (Å²) >= 11 is 0. The van der Waals surface area contributed by atoms with Crippen molar-refractivity contribution in [2.45, 2.75) is 96.4 Å². The molecule has 14 nitrogen and oxygen atoms in total. The van der Waals surface area contributed by atoms with Gasteiger partial charge in [0.2, 0.25) is 5.95 Å². The summed E-state index contributed by atoms with van der Waals surface area (Å²) in [5.74, 6) is 1.28. The van der Waals surface area contributed by atoms with E-state index in [1.807, 2.05) is 46.7 Å². The summed E-state index contributed by atoms with van der Waals surface area (Å²) < 4.78 is 11.1. The average Bonchev–Trinajstić information content (AvgIpc) is 3.61. The van der Waals surface area contributed by atoms with Crippen molar-refractivity contribution in [2.24, 2.45) is 0 Å². The second-order valence-corrected chi connectivity index (χ2v) is 13.7. The van der Waals surface area contributed by atoms with Crippen molar-refractivity contribution in [3.63, 3.8) is 0 Å². The molecule has 1 aliphatic carbocycles. The minimum absolute atomic E-state index is 0.0262. The monoisotopic (exact) mass is 682 g/mol. The van der Waals surface area contributed by atoms with Gasteiger partial charge in [0, 0.05) is 51.9 Å². The molecule has 0 bridgehead atoms. The zero-order chi connectivity index (χ0) is 35.6. The molecule has 270 valence electrons. The number of hydrogen-bond donors (Lipinski definition) is 3. The van der Waals surface area contributed by atoms with Gasteiger partial charge in [-0.1, -0.05) is 19.8 Å². The van der Waals surface area contributed by atoms with Crippen molar-refractivity contribution >= 4 is 41.4 Å². The topological polar surface area (TPSA) is 150 Å². The van der Waals surface area contributed by atoms with E-state index in [9.17, 15) is 14.4 Å². The van der Waals surface area contributed by atoms with E-state index in [4.69, 9.17) is 19.3 Å². The summed E-state index contributed by atoms with van der Waals surface area (Å²) in [5, 5.41) is 6.15. The molecule has 0 spiro atoms. The third-order valence-electron chi connectivity index (χ3n) is 8.69. The van der Waals surface area contributed by atoms with Gasteiger partial charge in [0.1, 0.15) is 17.6 Å². The van der Waals surface area contributed by atoms with Gasteiger partial charge >= 0.3 is 6.09 Å². The molecule has 2 fully saturated rings. The lowest BCUT2D eigenvalue weighted by atomic mass is 10.1. The Kier molecular flexibility index (Phi) is 13.4. The zero-order valence-electron chi connectivity index (χ0n) is 30.1. The van der Waals surface area contributed by atoms with E-state index in [2.05, 4.69) is 26.0 Å². The maximum atomic E-state index is 12.9. The van der Waals surface area contributed by atoms with E-state index in [1.54, 1.807) is 36.4 Å². The third kappa shape index (κ3) is 10.4. The number of likely N-dealkylation sites (tertiary alicyclic amines) is 1. The van der Waals surface area contributed by atoms with Crippen molar-refractivity contribution < 1.29 is 28.7 Å². The first-order valence-corrected chi connectivity index (χ1v) is 17.3. The second-order valence-electron chi connectivity index (χ2n) is 13.7. The number of hydroxylamine groups is 1. The van der Waals surface area contributed by atoms with Crippen molar-refractivity contribution in [3.8, 4) is 5.75 Å². The largest absolute Gasteiger partial charge is 0.495 e. The van der Waals surface area contributed by atoms with Crippen LogP contribution in [-0.2, 0) is 14.4 Å². The predicted octanol–water partition coefficient (Wildman–Crippen LogP) is 4.67. The van der Waals surface area contributed by atoms with Gasteiger partial charge in [-0.2, -0.15) is 4.98 Å². The maximum Gasteiger partial charge on any atom is 0.410 e. The number of aldehydes is 1. The summed E-state index contributed by atoms with van der Waals surface area (Å²) in [5.41, 5.74) is 4.29. The van der Waals surface area contributed by atoms with Gasteiger partial charge in [-0.25, -0.2) is 15.3 Å². The minimum Gasteiger partial charge on any atom is -0.495 e. The number of ether oxygens (including phenoxy) is 2. The molecule has 0 radical (unpaired) electrons. The van der Waals surface area contributed by atoms with Crippen LogP contribution in [0.25, 0.3) is 0 Å². The molecular formula is C35H54N8O6. The van der Waals surface area contributed by atoms with Gasteiger partial charge in [0.25, 0.3) is 5.91 Å². The predicted molar refractivity (Wildman–Crippen MR) is 190 cm³/mol. The van der Waals surface area contributed by atoms with Gasteiger partial charge in [-0.3, -0.25) is 9.63 Å². The van der Waals surface area contributed by atoms with Crippen LogP contribution in [0.1, 0.15) is 83.0 Å². The number of rotatable bonds is 15. The highest BCUT2D eigenvalue weighted by Crippen LogP contribution is 2.36. The number of nitrogens with one attached hydrogen (secondary N) is 3. The third-order valence-corrected chi connectivity index (χ3v) is 8.69. The molecule has 1 aromatic heterocycles. The number of carbonyl (C=O) groups is 3. The van der Waals surface area contributed by atoms with Crippen LogP contribution in [0.2, 0.25) is 0 Å². The Balaban J connectivity index is 1.32. The van der Waals surface area contributed by atoms with Crippen molar-refractivity contribution in [1.82, 2.24) is 25.7 Å². The molecule has 2 aliphatic rings. The van der Waals surface area contributed by atoms with E-state index in [1.165, 1.54) is 0 Å². The lowest BCUT2D eigenvalue weighted by molar-refractivity contribution is -0.109. The maximum absolute atomic E-state index is 12.9. The Morgan fingerprint density at radius 2 is 1.82 bits per heavy atom. The standard InChI is InChI=1S/C35H54N8O6/c1-8-25(23-44)43(26-11-9-10-12-26)31-29(41(5)6)22-37-33(40-31)39-28-14-13-24(21-30(28)47-7)32(45)36-17-18-38-49-27-15-19-42(20-16-27)34(46)48-35(2,3)4/h13-14,21-23,25-27,38H,8-12,15-20H2,1-7H3,(H,36,45)(H,37,39,40). The molecule has 4 rings (SSSR count). The number of nitrogens with zero attached hydrogens (tertiary/aromatic N) is 5. The van der Waals surface area contributed by atoms with Crippen LogP contribution in [0.3, 0.4) is 0 Å². The first-order chi connectivity index (χ1) is 23.4. The highest BCUT2D eigenvalue weighted by molar-refractivity contribution is 5.95. The van der Waals surface area contributed by atoms with E-state index in [0.29, 0.717) is 74.2 Å².